The number of methoxy groups -OCH3 is 1. The first-order valence-electron chi connectivity index (χ1n) is 15.4. The number of benzene rings is 3. The van der Waals surface area contributed by atoms with Gasteiger partial charge in [-0.3, -0.25) is 14.3 Å². The van der Waals surface area contributed by atoms with E-state index in [2.05, 4.69) is 21.0 Å². The van der Waals surface area contributed by atoms with Crippen LogP contribution in [-0.2, 0) is 17.9 Å². The van der Waals surface area contributed by atoms with Crippen LogP contribution in [0.3, 0.4) is 0 Å². The van der Waals surface area contributed by atoms with Crippen molar-refractivity contribution in [2.45, 2.75) is 64.8 Å². The first kappa shape index (κ1) is 30.5. The summed E-state index contributed by atoms with van der Waals surface area (Å²) in [5.41, 5.74) is 7.36. The molecule has 0 aliphatic carbocycles. The highest BCUT2D eigenvalue weighted by Crippen LogP contribution is 2.38. The Morgan fingerprint density at radius 2 is 1.84 bits per heavy atom. The molecule has 2 aliphatic rings. The second-order valence-corrected chi connectivity index (χ2v) is 11.8. The molecule has 1 fully saturated rings. The normalized spacial score (nSPS) is 17.6. The average Bonchev–Trinajstić information content (AvgIpc) is 3.66. The van der Waals surface area contributed by atoms with Gasteiger partial charge in [-0.25, -0.2) is 4.39 Å². The van der Waals surface area contributed by atoms with Crippen molar-refractivity contribution in [1.82, 2.24) is 20.4 Å². The predicted octanol–water partition coefficient (Wildman–Crippen LogP) is 5.43. The minimum Gasteiger partial charge on any atom is -0.496 e. The van der Waals surface area contributed by atoms with Crippen molar-refractivity contribution in [3.8, 4) is 28.0 Å². The van der Waals surface area contributed by atoms with Gasteiger partial charge in [0, 0.05) is 43.3 Å². The number of carbonyl (C=O) groups excluding carboxylic acids is 2. The Morgan fingerprint density at radius 3 is 2.58 bits per heavy atom. The number of carbonyl (C=O) groups is 2. The highest BCUT2D eigenvalue weighted by molar-refractivity contribution is 6.04. The van der Waals surface area contributed by atoms with Crippen molar-refractivity contribution in [3.63, 3.8) is 0 Å². The van der Waals surface area contributed by atoms with Crippen molar-refractivity contribution < 1.29 is 23.8 Å². The summed E-state index contributed by atoms with van der Waals surface area (Å²) < 4.78 is 22.8. The van der Waals surface area contributed by atoms with Crippen molar-refractivity contribution in [1.29, 1.82) is 0 Å². The third kappa shape index (κ3) is 6.21. The summed E-state index contributed by atoms with van der Waals surface area (Å²) in [6, 6.07) is 16.8. The zero-order valence-corrected chi connectivity index (χ0v) is 25.7. The molecule has 2 atom stereocenters. The Kier molecular flexibility index (Phi) is 8.69. The number of aliphatic hydroxyl groups is 1. The van der Waals surface area contributed by atoms with Gasteiger partial charge in [0.1, 0.15) is 11.6 Å². The second kappa shape index (κ2) is 12.8. The van der Waals surface area contributed by atoms with Crippen LogP contribution in [0.5, 0.6) is 5.75 Å². The number of aromatic nitrogens is 2. The number of amides is 2. The van der Waals surface area contributed by atoms with Gasteiger partial charge in [0.05, 0.1) is 18.9 Å². The molecule has 0 spiro atoms. The van der Waals surface area contributed by atoms with Crippen LogP contribution in [-0.4, -0.2) is 46.4 Å². The molecule has 0 saturated carbocycles. The maximum atomic E-state index is 15.5. The van der Waals surface area contributed by atoms with Gasteiger partial charge in [0.15, 0.2) is 5.69 Å². The van der Waals surface area contributed by atoms with Crippen molar-refractivity contribution in [3.05, 3.63) is 88.5 Å². The van der Waals surface area contributed by atoms with Crippen LogP contribution in [0.1, 0.15) is 64.7 Å². The standard InChI is InChI=1S/C35H38FN5O4/c1-20-24(22-15-28(36)27(33(16-22)45-3)19-37-18-23-12-13-34(43)38-23)7-4-8-25(20)26-9-5-10-29(21(26)2)39-35(44)30-17-31-32(42)11-6-14-41(31)40-30/h4-5,7-10,15-17,23,32,37,42H,6,11-14,18-19H2,1-3H3,(H,38,43)(H,39,44)/t23-,32?/m0/s1. The third-order valence-corrected chi connectivity index (χ3v) is 8.90. The molecule has 10 heteroatoms. The number of nitrogens with zero attached hydrogens (tertiary/aromatic N) is 2. The van der Waals surface area contributed by atoms with Crippen LogP contribution in [0.25, 0.3) is 22.3 Å². The van der Waals surface area contributed by atoms with Crippen LogP contribution in [0.15, 0.2) is 54.6 Å². The van der Waals surface area contributed by atoms with Crippen molar-refractivity contribution in [2.24, 2.45) is 0 Å². The fourth-order valence-electron chi connectivity index (χ4n) is 6.38. The van der Waals surface area contributed by atoms with Crippen molar-refractivity contribution in [2.75, 3.05) is 19.0 Å². The number of fused-ring (bicyclic) bond motifs is 1. The number of aryl methyl sites for hydroxylation is 1. The van der Waals surface area contributed by atoms with E-state index in [4.69, 9.17) is 4.74 Å². The Labute approximate surface area is 261 Å². The monoisotopic (exact) mass is 611 g/mol. The van der Waals surface area contributed by atoms with E-state index in [1.807, 2.05) is 56.3 Å². The molecule has 0 radical (unpaired) electrons. The summed E-state index contributed by atoms with van der Waals surface area (Å²) in [6.45, 7) is 5.48. The Hall–Kier alpha value is -4.54. The summed E-state index contributed by atoms with van der Waals surface area (Å²) in [5, 5.41) is 23.9. The molecule has 9 nitrogen and oxygen atoms in total. The number of halogens is 1. The molecular weight excluding hydrogens is 573 g/mol. The molecular formula is C35H38FN5O4. The molecule has 6 rings (SSSR count). The SMILES string of the molecule is COc1cc(-c2cccc(-c3cccc(NC(=O)c4cc5n(n4)CCCC5O)c3C)c2C)cc(F)c1CNC[C@@H]1CCC(=O)N1. The quantitative estimate of drug-likeness (QED) is 0.201. The molecule has 1 aromatic heterocycles. The number of anilines is 1. The van der Waals surface area contributed by atoms with Gasteiger partial charge in [0.2, 0.25) is 5.91 Å². The maximum Gasteiger partial charge on any atom is 0.276 e. The maximum absolute atomic E-state index is 15.5. The highest BCUT2D eigenvalue weighted by atomic mass is 19.1. The minimum atomic E-state index is -0.610. The number of hydrogen-bond acceptors (Lipinski definition) is 6. The second-order valence-electron chi connectivity index (χ2n) is 11.8. The number of nitrogens with one attached hydrogen (secondary N) is 3. The molecule has 4 aromatic rings. The van der Waals surface area contributed by atoms with E-state index in [1.54, 1.807) is 10.7 Å². The van der Waals surface area contributed by atoms with Gasteiger partial charge in [0.25, 0.3) is 5.91 Å². The Morgan fingerprint density at radius 1 is 1.09 bits per heavy atom. The van der Waals surface area contributed by atoms with Gasteiger partial charge in [-0.1, -0.05) is 30.3 Å². The highest BCUT2D eigenvalue weighted by Gasteiger charge is 2.24. The van der Waals surface area contributed by atoms with E-state index in [9.17, 15) is 14.7 Å². The molecule has 2 amide bonds. The van der Waals surface area contributed by atoms with Crippen LogP contribution in [0, 0.1) is 19.7 Å². The first-order chi connectivity index (χ1) is 21.7. The first-order valence-corrected chi connectivity index (χ1v) is 15.4. The lowest BCUT2D eigenvalue weighted by atomic mass is 9.90. The molecule has 234 valence electrons. The van der Waals surface area contributed by atoms with Gasteiger partial charge in [-0.05, 0) is 90.8 Å². The largest absolute Gasteiger partial charge is 0.496 e. The summed E-state index contributed by atoms with van der Waals surface area (Å²) >= 11 is 0. The van der Waals surface area contributed by atoms with E-state index in [1.165, 1.54) is 13.2 Å². The minimum absolute atomic E-state index is 0.0492. The zero-order chi connectivity index (χ0) is 31.7. The number of ether oxygens (including phenoxy) is 1. The van der Waals surface area contributed by atoms with Gasteiger partial charge < -0.3 is 25.8 Å². The fraction of sp³-hybridized carbons (Fsp3) is 0.343. The topological polar surface area (TPSA) is 118 Å². The molecule has 4 N–H and O–H groups in total. The van der Waals surface area contributed by atoms with Crippen molar-refractivity contribution >= 4 is 17.5 Å². The predicted molar refractivity (Wildman–Crippen MR) is 171 cm³/mol. The van der Waals surface area contributed by atoms with E-state index in [-0.39, 0.29) is 35.9 Å². The fourth-order valence-corrected chi connectivity index (χ4v) is 6.38. The van der Waals surface area contributed by atoms with E-state index in [0.29, 0.717) is 54.2 Å². The molecule has 1 saturated heterocycles. The Balaban J connectivity index is 1.24. The summed E-state index contributed by atoms with van der Waals surface area (Å²) in [6.07, 6.45) is 2.16. The zero-order valence-electron chi connectivity index (χ0n) is 25.7. The lowest BCUT2D eigenvalue weighted by Crippen LogP contribution is -2.35. The number of aliphatic hydroxyl groups excluding tert-OH is 1. The average molecular weight is 612 g/mol. The van der Waals surface area contributed by atoms with Crippen LogP contribution in [0.2, 0.25) is 0 Å². The third-order valence-electron chi connectivity index (χ3n) is 8.90. The van der Waals surface area contributed by atoms with Gasteiger partial charge in [-0.2, -0.15) is 5.10 Å². The van der Waals surface area contributed by atoms with E-state index >= 15 is 4.39 Å². The smallest absolute Gasteiger partial charge is 0.276 e. The summed E-state index contributed by atoms with van der Waals surface area (Å²) in [4.78, 5) is 24.7. The molecule has 45 heavy (non-hydrogen) atoms. The van der Waals surface area contributed by atoms with Crippen LogP contribution in [0.4, 0.5) is 10.1 Å². The van der Waals surface area contributed by atoms with E-state index < -0.39 is 6.10 Å². The van der Waals surface area contributed by atoms with Crippen LogP contribution < -0.4 is 20.7 Å². The lowest BCUT2D eigenvalue weighted by Gasteiger charge is -2.18. The molecule has 3 heterocycles. The van der Waals surface area contributed by atoms with Gasteiger partial charge in [-0.15, -0.1) is 0 Å². The van der Waals surface area contributed by atoms with E-state index in [0.717, 1.165) is 40.7 Å². The molecule has 1 unspecified atom stereocenters. The Bertz CT molecular complexity index is 1770. The van der Waals surface area contributed by atoms with Gasteiger partial charge >= 0.3 is 0 Å². The molecule has 3 aromatic carbocycles. The van der Waals surface area contributed by atoms with Crippen LogP contribution >= 0.6 is 0 Å². The number of hydrogen-bond donors (Lipinski definition) is 4. The molecule has 0 bridgehead atoms. The summed E-state index contributed by atoms with van der Waals surface area (Å²) in [7, 11) is 1.53. The lowest BCUT2D eigenvalue weighted by molar-refractivity contribution is -0.119. The number of rotatable bonds is 9. The summed E-state index contributed by atoms with van der Waals surface area (Å²) in [5.74, 6) is -0.202. The molecule has 2 aliphatic heterocycles.